The molecule has 10 rings (SSSR count). The average Bonchev–Trinajstić information content (AvgIpc) is 3.68. The van der Waals surface area contributed by atoms with Crippen molar-refractivity contribution in [1.82, 2.24) is 9.13 Å². The van der Waals surface area contributed by atoms with E-state index in [0.717, 1.165) is 0 Å². The van der Waals surface area contributed by atoms with E-state index in [1.54, 1.807) is 0 Å². The van der Waals surface area contributed by atoms with Crippen LogP contribution in [0, 0.1) is 0 Å². The predicted octanol–water partition coefficient (Wildman–Crippen LogP) is 12.5. The van der Waals surface area contributed by atoms with E-state index in [9.17, 15) is 0 Å². The first kappa shape index (κ1) is 28.9. The van der Waals surface area contributed by atoms with Gasteiger partial charge in [0.25, 0.3) is 0 Å². The summed E-state index contributed by atoms with van der Waals surface area (Å²) in [6.07, 6.45) is 2.40. The Hall–Kier alpha value is -5.08. The highest BCUT2D eigenvalue weighted by Gasteiger charge is 2.39. The fraction of sp³-hybridized carbons (Fsp3) is 0.234. The zero-order chi connectivity index (χ0) is 33.4. The topological polar surface area (TPSA) is 9.86 Å². The molecule has 0 saturated heterocycles. The molecule has 8 aromatic rings. The van der Waals surface area contributed by atoms with Gasteiger partial charge in [-0.2, -0.15) is 0 Å². The monoisotopic (exact) mass is 634 g/mol. The van der Waals surface area contributed by atoms with E-state index < -0.39 is 0 Å². The van der Waals surface area contributed by atoms with Crippen molar-refractivity contribution >= 4 is 43.6 Å². The van der Waals surface area contributed by atoms with Crippen LogP contribution in [0.3, 0.4) is 0 Å². The van der Waals surface area contributed by atoms with Gasteiger partial charge < -0.3 is 9.13 Å². The van der Waals surface area contributed by atoms with Gasteiger partial charge in [0.2, 0.25) is 0 Å². The van der Waals surface area contributed by atoms with Crippen LogP contribution in [0.25, 0.3) is 66.1 Å². The Morgan fingerprint density at radius 2 is 1.00 bits per heavy atom. The molecule has 0 spiro atoms. The molecule has 2 aromatic heterocycles. The van der Waals surface area contributed by atoms with Gasteiger partial charge in [-0.15, -0.1) is 0 Å². The average molecular weight is 635 g/mol. The number of aromatic nitrogens is 2. The molecule has 0 aliphatic heterocycles. The van der Waals surface area contributed by atoms with Crippen LogP contribution in [-0.4, -0.2) is 9.13 Å². The van der Waals surface area contributed by atoms with Gasteiger partial charge in [0.05, 0.1) is 27.8 Å². The number of hydrogen-bond acceptors (Lipinski definition) is 0. The number of para-hydroxylation sites is 2. The molecule has 6 aromatic carbocycles. The van der Waals surface area contributed by atoms with E-state index in [4.69, 9.17) is 0 Å². The van der Waals surface area contributed by atoms with Gasteiger partial charge in [-0.3, -0.25) is 0 Å². The molecule has 2 heterocycles. The molecule has 49 heavy (non-hydrogen) atoms. The minimum absolute atomic E-state index is 0.120. The largest absolute Gasteiger partial charge is 0.309 e. The summed E-state index contributed by atoms with van der Waals surface area (Å²) in [7, 11) is 0. The van der Waals surface area contributed by atoms with Crippen LogP contribution in [0.1, 0.15) is 76.6 Å². The Kier molecular flexibility index (Phi) is 5.62. The van der Waals surface area contributed by atoms with E-state index in [1.807, 2.05) is 0 Å². The molecule has 2 aliphatic carbocycles. The standard InChI is InChI=1S/C47H42N2/c1-45(2)23-24-46(3,4)38-28-43-33(25-37(38)45)35-27-42-34(26-41(35)48(43)29-15-8-7-9-16-29)31-18-11-13-21-39(31)49(42)40-22-14-19-32-30-17-10-12-20-36(30)47(5,6)44(32)40/h7-22,25-28H,23-24H2,1-6H3. The first-order valence-electron chi connectivity index (χ1n) is 17.9. The Bertz CT molecular complexity index is 2680. The molecule has 2 aliphatic rings. The van der Waals surface area contributed by atoms with Crippen LogP contribution in [0.5, 0.6) is 0 Å². The first-order chi connectivity index (χ1) is 23.6. The Morgan fingerprint density at radius 1 is 0.429 bits per heavy atom. The fourth-order valence-electron chi connectivity index (χ4n) is 9.66. The van der Waals surface area contributed by atoms with Gasteiger partial charge in [0.1, 0.15) is 0 Å². The number of fused-ring (bicyclic) bond motifs is 10. The van der Waals surface area contributed by atoms with Gasteiger partial charge in [-0.1, -0.05) is 114 Å². The normalized spacial score (nSPS) is 17.1. The lowest BCUT2D eigenvalue weighted by Crippen LogP contribution is -2.33. The van der Waals surface area contributed by atoms with Crippen LogP contribution >= 0.6 is 0 Å². The number of rotatable bonds is 2. The van der Waals surface area contributed by atoms with Crippen LogP contribution in [-0.2, 0) is 16.2 Å². The quantitative estimate of drug-likeness (QED) is 0.179. The summed E-state index contributed by atoms with van der Waals surface area (Å²) in [5, 5.41) is 5.23. The van der Waals surface area contributed by atoms with Crippen LogP contribution in [0.4, 0.5) is 0 Å². The summed E-state index contributed by atoms with van der Waals surface area (Å²) in [4.78, 5) is 0. The minimum atomic E-state index is -0.120. The maximum atomic E-state index is 2.56. The lowest BCUT2D eigenvalue weighted by Gasteiger charge is -2.42. The number of benzene rings is 6. The second kappa shape index (κ2) is 9.54. The molecule has 0 N–H and O–H groups in total. The highest BCUT2D eigenvalue weighted by atomic mass is 15.0. The maximum absolute atomic E-state index is 2.56. The minimum Gasteiger partial charge on any atom is -0.309 e. The van der Waals surface area contributed by atoms with E-state index in [1.165, 1.54) is 101 Å². The molecule has 0 radical (unpaired) electrons. The summed E-state index contributed by atoms with van der Waals surface area (Å²) in [6.45, 7) is 14.5. The van der Waals surface area contributed by atoms with Gasteiger partial charge in [-0.05, 0) is 106 Å². The molecule has 0 bridgehead atoms. The second-order valence-corrected chi connectivity index (χ2v) is 16.5. The molecule has 0 atom stereocenters. The van der Waals surface area contributed by atoms with Crippen LogP contribution < -0.4 is 0 Å². The summed E-state index contributed by atoms with van der Waals surface area (Å²) in [6, 6.07) is 45.9. The summed E-state index contributed by atoms with van der Waals surface area (Å²) in [5.41, 5.74) is 16.2. The van der Waals surface area contributed by atoms with Gasteiger partial charge in [0.15, 0.2) is 0 Å². The molecule has 0 fully saturated rings. The lowest BCUT2D eigenvalue weighted by molar-refractivity contribution is 0.332. The third-order valence-corrected chi connectivity index (χ3v) is 12.3. The lowest BCUT2D eigenvalue weighted by atomic mass is 9.63. The molecule has 240 valence electrons. The van der Waals surface area contributed by atoms with Gasteiger partial charge >= 0.3 is 0 Å². The highest BCUT2D eigenvalue weighted by Crippen LogP contribution is 2.53. The maximum Gasteiger partial charge on any atom is 0.0548 e. The van der Waals surface area contributed by atoms with Gasteiger partial charge in [0, 0.05) is 32.6 Å². The van der Waals surface area contributed by atoms with E-state index in [0.29, 0.717) is 0 Å². The van der Waals surface area contributed by atoms with Crippen molar-refractivity contribution in [1.29, 1.82) is 0 Å². The van der Waals surface area contributed by atoms with Crippen molar-refractivity contribution in [3.8, 4) is 22.5 Å². The first-order valence-corrected chi connectivity index (χ1v) is 17.9. The molecule has 0 amide bonds. The third-order valence-electron chi connectivity index (χ3n) is 12.3. The Labute approximate surface area is 288 Å². The summed E-state index contributed by atoms with van der Waals surface area (Å²) < 4.78 is 5.09. The van der Waals surface area contributed by atoms with Gasteiger partial charge in [-0.25, -0.2) is 0 Å². The zero-order valence-electron chi connectivity index (χ0n) is 29.4. The molecule has 0 saturated carbocycles. The van der Waals surface area contributed by atoms with Crippen molar-refractivity contribution in [2.24, 2.45) is 0 Å². The Morgan fingerprint density at radius 3 is 1.78 bits per heavy atom. The second-order valence-electron chi connectivity index (χ2n) is 16.5. The fourth-order valence-corrected chi connectivity index (χ4v) is 9.66. The van der Waals surface area contributed by atoms with Crippen molar-refractivity contribution in [3.05, 3.63) is 144 Å². The number of nitrogens with zero attached hydrogens (tertiary/aromatic N) is 2. The SMILES string of the molecule is CC1(C)CCC(C)(C)c2cc3c(cc21)c1cc2c(cc1n3-c1ccccc1)c1ccccc1n2-c1cccc2c1C(C)(C)c1ccccc1-2. The zero-order valence-corrected chi connectivity index (χ0v) is 29.4. The van der Waals surface area contributed by atoms with Crippen LogP contribution in [0.15, 0.2) is 121 Å². The van der Waals surface area contributed by atoms with Crippen molar-refractivity contribution < 1.29 is 0 Å². The van der Waals surface area contributed by atoms with Crippen molar-refractivity contribution in [2.45, 2.75) is 70.6 Å². The molecular formula is C47H42N2. The van der Waals surface area contributed by atoms with E-state index in [-0.39, 0.29) is 16.2 Å². The summed E-state index contributed by atoms with van der Waals surface area (Å²) >= 11 is 0. The van der Waals surface area contributed by atoms with E-state index in [2.05, 4.69) is 172 Å². The van der Waals surface area contributed by atoms with Crippen molar-refractivity contribution in [2.75, 3.05) is 0 Å². The van der Waals surface area contributed by atoms with Crippen LogP contribution in [0.2, 0.25) is 0 Å². The summed E-state index contributed by atoms with van der Waals surface area (Å²) in [5.74, 6) is 0. The molecular weight excluding hydrogens is 593 g/mol. The third kappa shape index (κ3) is 3.78. The number of hydrogen-bond donors (Lipinski definition) is 0. The highest BCUT2D eigenvalue weighted by molar-refractivity contribution is 6.19. The predicted molar refractivity (Wildman–Crippen MR) is 208 cm³/mol. The smallest absolute Gasteiger partial charge is 0.0548 e. The van der Waals surface area contributed by atoms with E-state index >= 15 is 0 Å². The van der Waals surface area contributed by atoms with Crippen molar-refractivity contribution in [3.63, 3.8) is 0 Å². The molecule has 0 unspecified atom stereocenters. The molecule has 2 nitrogen and oxygen atoms in total. The molecule has 2 heteroatoms. The Balaban J connectivity index is 1.37.